The Balaban J connectivity index is 2.91. The van der Waals surface area contributed by atoms with Gasteiger partial charge in [-0.15, -0.1) is 0 Å². The van der Waals surface area contributed by atoms with E-state index in [1.54, 1.807) is 19.1 Å². The molecule has 0 atom stereocenters. The predicted molar refractivity (Wildman–Crippen MR) is 70.6 cm³/mol. The van der Waals surface area contributed by atoms with E-state index in [1.165, 1.54) is 6.08 Å². The first-order valence-corrected chi connectivity index (χ1v) is 5.30. The molecule has 1 aromatic rings. The lowest BCUT2D eigenvalue weighted by Gasteiger charge is -2.11. The third-order valence-electron chi connectivity index (χ3n) is 2.37. The number of hydrogen-bond donors (Lipinski definition) is 1. The molecule has 0 aliphatic carbocycles. The lowest BCUT2D eigenvalue weighted by Crippen LogP contribution is -2.08. The van der Waals surface area contributed by atoms with Crippen molar-refractivity contribution in [2.75, 3.05) is 19.0 Å². The Bertz CT molecular complexity index is 456. The Morgan fingerprint density at radius 2 is 1.82 bits per heavy atom. The molecule has 3 heteroatoms. The summed E-state index contributed by atoms with van der Waals surface area (Å²) >= 11 is 0. The minimum absolute atomic E-state index is 0.0771. The molecule has 0 aliphatic rings. The molecule has 0 aromatic heterocycles. The zero-order valence-electron chi connectivity index (χ0n) is 10.4. The SMILES string of the molecule is C=C(C)/C(O)=C/C(=O)c1ccc(N(C)C)cc1. The van der Waals surface area contributed by atoms with Gasteiger partial charge in [0.1, 0.15) is 5.76 Å². The van der Waals surface area contributed by atoms with Gasteiger partial charge in [-0.05, 0) is 36.8 Å². The summed E-state index contributed by atoms with van der Waals surface area (Å²) in [6, 6.07) is 7.19. The van der Waals surface area contributed by atoms with E-state index in [0.29, 0.717) is 11.1 Å². The van der Waals surface area contributed by atoms with Crippen LogP contribution < -0.4 is 4.90 Å². The third kappa shape index (κ3) is 3.48. The van der Waals surface area contributed by atoms with E-state index in [-0.39, 0.29) is 11.5 Å². The van der Waals surface area contributed by atoms with E-state index in [2.05, 4.69) is 6.58 Å². The van der Waals surface area contributed by atoms with E-state index in [0.717, 1.165) is 5.69 Å². The van der Waals surface area contributed by atoms with Gasteiger partial charge in [0.05, 0.1) is 0 Å². The first-order chi connectivity index (χ1) is 7.91. The third-order valence-corrected chi connectivity index (χ3v) is 2.37. The van der Waals surface area contributed by atoms with Crippen molar-refractivity contribution in [1.82, 2.24) is 0 Å². The number of aliphatic hydroxyl groups excluding tert-OH is 1. The highest BCUT2D eigenvalue weighted by molar-refractivity contribution is 6.05. The Hall–Kier alpha value is -2.03. The molecule has 0 radical (unpaired) electrons. The molecule has 0 saturated carbocycles. The highest BCUT2D eigenvalue weighted by Gasteiger charge is 2.05. The van der Waals surface area contributed by atoms with Crippen molar-refractivity contribution < 1.29 is 9.90 Å². The number of carbonyl (C=O) groups excluding carboxylic acids is 1. The highest BCUT2D eigenvalue weighted by Crippen LogP contribution is 2.14. The molecule has 0 spiro atoms. The maximum atomic E-state index is 11.7. The van der Waals surface area contributed by atoms with Crippen LogP contribution in [0.3, 0.4) is 0 Å². The first kappa shape index (κ1) is 13.0. The van der Waals surface area contributed by atoms with E-state index in [4.69, 9.17) is 0 Å². The molecule has 0 saturated heterocycles. The van der Waals surface area contributed by atoms with Gasteiger partial charge < -0.3 is 10.0 Å². The second-order valence-electron chi connectivity index (χ2n) is 4.12. The quantitative estimate of drug-likeness (QED) is 0.375. The van der Waals surface area contributed by atoms with E-state index in [1.807, 2.05) is 31.1 Å². The van der Waals surface area contributed by atoms with Crippen LogP contribution in [0.2, 0.25) is 0 Å². The summed E-state index contributed by atoms with van der Waals surface area (Å²) in [5.41, 5.74) is 2.04. The zero-order chi connectivity index (χ0) is 13.0. The zero-order valence-corrected chi connectivity index (χ0v) is 10.4. The van der Waals surface area contributed by atoms with Crippen LogP contribution in [0.15, 0.2) is 48.3 Å². The van der Waals surface area contributed by atoms with Crippen molar-refractivity contribution in [2.24, 2.45) is 0 Å². The number of benzene rings is 1. The first-order valence-electron chi connectivity index (χ1n) is 5.30. The fraction of sp³-hybridized carbons (Fsp3) is 0.214. The topological polar surface area (TPSA) is 40.5 Å². The fourth-order valence-corrected chi connectivity index (χ4v) is 1.25. The Labute approximate surface area is 102 Å². The number of hydrogen-bond acceptors (Lipinski definition) is 3. The minimum Gasteiger partial charge on any atom is -0.508 e. The minimum atomic E-state index is -0.226. The summed E-state index contributed by atoms with van der Waals surface area (Å²) in [7, 11) is 3.87. The summed E-state index contributed by atoms with van der Waals surface area (Å²) < 4.78 is 0. The van der Waals surface area contributed by atoms with Gasteiger partial charge in [-0.25, -0.2) is 0 Å². The molecule has 0 unspecified atom stereocenters. The molecule has 1 rings (SSSR count). The van der Waals surface area contributed by atoms with Crippen LogP contribution in [0.1, 0.15) is 17.3 Å². The lowest BCUT2D eigenvalue weighted by molar-refractivity contribution is 0.104. The largest absolute Gasteiger partial charge is 0.508 e. The average Bonchev–Trinajstić information content (AvgIpc) is 2.28. The van der Waals surface area contributed by atoms with Crippen LogP contribution in [0, 0.1) is 0 Å². The summed E-state index contributed by atoms with van der Waals surface area (Å²) in [6.45, 7) is 5.21. The van der Waals surface area contributed by atoms with Gasteiger partial charge in [0.2, 0.25) is 0 Å². The molecular weight excluding hydrogens is 214 g/mol. The highest BCUT2D eigenvalue weighted by atomic mass is 16.3. The molecule has 0 amide bonds. The van der Waals surface area contributed by atoms with Gasteiger partial charge in [-0.3, -0.25) is 4.79 Å². The molecule has 0 heterocycles. The molecule has 0 aliphatic heterocycles. The van der Waals surface area contributed by atoms with E-state index < -0.39 is 0 Å². The molecule has 1 N–H and O–H groups in total. The number of allylic oxidation sites excluding steroid dienone is 2. The maximum absolute atomic E-state index is 11.7. The molecule has 3 nitrogen and oxygen atoms in total. The fourth-order valence-electron chi connectivity index (χ4n) is 1.25. The van der Waals surface area contributed by atoms with Gasteiger partial charge in [-0.2, -0.15) is 0 Å². The predicted octanol–water partition coefficient (Wildman–Crippen LogP) is 2.95. The number of rotatable bonds is 4. The molecule has 0 fully saturated rings. The van der Waals surface area contributed by atoms with Crippen molar-refractivity contribution in [3.8, 4) is 0 Å². The normalized spacial score (nSPS) is 11.1. The number of ketones is 1. The van der Waals surface area contributed by atoms with Gasteiger partial charge in [-0.1, -0.05) is 6.58 Å². The number of aliphatic hydroxyl groups is 1. The molecule has 1 aromatic carbocycles. The van der Waals surface area contributed by atoms with Gasteiger partial charge in [0, 0.05) is 31.4 Å². The van der Waals surface area contributed by atoms with Crippen LogP contribution in [0.25, 0.3) is 0 Å². The number of carbonyl (C=O) groups is 1. The van der Waals surface area contributed by atoms with E-state index in [9.17, 15) is 9.90 Å². The molecular formula is C14H17NO2. The summed E-state index contributed by atoms with van der Waals surface area (Å²) in [6.07, 6.45) is 1.19. The van der Waals surface area contributed by atoms with Gasteiger partial charge >= 0.3 is 0 Å². The van der Waals surface area contributed by atoms with Crippen molar-refractivity contribution in [1.29, 1.82) is 0 Å². The van der Waals surface area contributed by atoms with Crippen molar-refractivity contribution >= 4 is 11.5 Å². The average molecular weight is 231 g/mol. The molecule has 90 valence electrons. The second-order valence-corrected chi connectivity index (χ2v) is 4.12. The number of anilines is 1. The van der Waals surface area contributed by atoms with Gasteiger partial charge in [0.25, 0.3) is 0 Å². The van der Waals surface area contributed by atoms with Crippen molar-refractivity contribution in [3.05, 3.63) is 53.8 Å². The van der Waals surface area contributed by atoms with Gasteiger partial charge in [0.15, 0.2) is 5.78 Å². The summed E-state index contributed by atoms with van der Waals surface area (Å²) in [4.78, 5) is 13.7. The summed E-state index contributed by atoms with van der Waals surface area (Å²) in [5.74, 6) is -0.303. The van der Waals surface area contributed by atoms with Crippen molar-refractivity contribution in [2.45, 2.75) is 6.92 Å². The number of nitrogens with zero attached hydrogens (tertiary/aromatic N) is 1. The Morgan fingerprint density at radius 1 is 1.29 bits per heavy atom. The maximum Gasteiger partial charge on any atom is 0.189 e. The van der Waals surface area contributed by atoms with Crippen LogP contribution in [0.4, 0.5) is 5.69 Å². The Kier molecular flexibility index (Phi) is 4.10. The van der Waals surface area contributed by atoms with Crippen molar-refractivity contribution in [3.63, 3.8) is 0 Å². The van der Waals surface area contributed by atoms with Crippen LogP contribution in [-0.2, 0) is 0 Å². The molecule has 17 heavy (non-hydrogen) atoms. The smallest absolute Gasteiger partial charge is 0.189 e. The standard InChI is InChI=1S/C14H17NO2/c1-10(2)13(16)9-14(17)11-5-7-12(8-6-11)15(3)4/h5-9,16H,1H2,2-4H3/b13-9-. The van der Waals surface area contributed by atoms with E-state index >= 15 is 0 Å². The van der Waals surface area contributed by atoms with Crippen LogP contribution >= 0.6 is 0 Å². The Morgan fingerprint density at radius 3 is 2.24 bits per heavy atom. The van der Waals surface area contributed by atoms with Crippen LogP contribution in [-0.4, -0.2) is 25.0 Å². The summed E-state index contributed by atoms with van der Waals surface area (Å²) in [5, 5.41) is 9.43. The molecule has 0 bridgehead atoms. The lowest BCUT2D eigenvalue weighted by atomic mass is 10.1. The van der Waals surface area contributed by atoms with Crippen LogP contribution in [0.5, 0.6) is 0 Å². The monoisotopic (exact) mass is 231 g/mol. The second kappa shape index (κ2) is 5.34.